The summed E-state index contributed by atoms with van der Waals surface area (Å²) in [7, 11) is 0. The molecule has 2 amide bonds. The summed E-state index contributed by atoms with van der Waals surface area (Å²) >= 11 is 12.1. The second-order valence-corrected chi connectivity index (χ2v) is 6.59. The lowest BCUT2D eigenvalue weighted by atomic mass is 10.1. The third-order valence-electron chi connectivity index (χ3n) is 3.84. The standard InChI is InChI=1S/C17H16Cl2N6O/c1-10-3-5-13(8-16(10)25-9-20-23-24-25)22-17(26)21-11(2)14-6-4-12(18)7-15(14)19/h3-9,11H,1-2H3,(H2,21,22,26). The second-order valence-electron chi connectivity index (χ2n) is 5.74. The van der Waals surface area contributed by atoms with Gasteiger partial charge in [0, 0.05) is 15.7 Å². The van der Waals surface area contributed by atoms with E-state index in [-0.39, 0.29) is 12.1 Å². The predicted molar refractivity (Wildman–Crippen MR) is 101 cm³/mol. The van der Waals surface area contributed by atoms with Gasteiger partial charge in [0.05, 0.1) is 11.7 Å². The lowest BCUT2D eigenvalue weighted by Crippen LogP contribution is -2.31. The molecule has 0 aliphatic rings. The molecule has 1 atom stereocenters. The molecule has 1 unspecified atom stereocenters. The Hall–Kier alpha value is -2.64. The third kappa shape index (κ3) is 4.12. The van der Waals surface area contributed by atoms with Crippen molar-refractivity contribution >= 4 is 34.9 Å². The summed E-state index contributed by atoms with van der Waals surface area (Å²) < 4.78 is 1.54. The number of anilines is 1. The van der Waals surface area contributed by atoms with Gasteiger partial charge in [-0.1, -0.05) is 35.3 Å². The highest BCUT2D eigenvalue weighted by Crippen LogP contribution is 2.26. The largest absolute Gasteiger partial charge is 0.331 e. The van der Waals surface area contributed by atoms with Crippen molar-refractivity contribution in [3.8, 4) is 5.69 Å². The Morgan fingerprint density at radius 3 is 2.69 bits per heavy atom. The molecule has 0 saturated heterocycles. The Bertz CT molecular complexity index is 929. The topological polar surface area (TPSA) is 84.7 Å². The van der Waals surface area contributed by atoms with Crippen molar-refractivity contribution in [2.75, 3.05) is 5.32 Å². The minimum absolute atomic E-state index is 0.288. The highest BCUT2D eigenvalue weighted by molar-refractivity contribution is 6.35. The van der Waals surface area contributed by atoms with Crippen LogP contribution in [0.15, 0.2) is 42.7 Å². The zero-order valence-corrected chi connectivity index (χ0v) is 15.6. The van der Waals surface area contributed by atoms with E-state index in [2.05, 4.69) is 26.2 Å². The number of aryl methyl sites for hydroxylation is 1. The van der Waals surface area contributed by atoms with Gasteiger partial charge in [-0.05, 0) is 59.7 Å². The average molecular weight is 391 g/mol. The van der Waals surface area contributed by atoms with Crippen molar-refractivity contribution < 1.29 is 4.79 Å². The molecule has 0 radical (unpaired) electrons. The third-order valence-corrected chi connectivity index (χ3v) is 4.40. The minimum Gasteiger partial charge on any atom is -0.331 e. The molecule has 9 heteroatoms. The van der Waals surface area contributed by atoms with Crippen molar-refractivity contribution in [2.45, 2.75) is 19.9 Å². The van der Waals surface area contributed by atoms with Crippen LogP contribution in [0.4, 0.5) is 10.5 Å². The zero-order chi connectivity index (χ0) is 18.7. The van der Waals surface area contributed by atoms with Crippen molar-refractivity contribution in [3.05, 3.63) is 63.9 Å². The molecule has 3 aromatic rings. The number of nitrogens with zero attached hydrogens (tertiary/aromatic N) is 4. The summed E-state index contributed by atoms with van der Waals surface area (Å²) in [4.78, 5) is 12.3. The fraction of sp³-hybridized carbons (Fsp3) is 0.176. The number of hydrogen-bond acceptors (Lipinski definition) is 4. The summed E-state index contributed by atoms with van der Waals surface area (Å²) in [6.45, 7) is 3.78. The molecule has 2 aromatic carbocycles. The molecule has 0 fully saturated rings. The van der Waals surface area contributed by atoms with Crippen LogP contribution in [0.5, 0.6) is 0 Å². The first-order chi connectivity index (χ1) is 12.4. The number of halogens is 2. The number of aromatic nitrogens is 4. The van der Waals surface area contributed by atoms with Gasteiger partial charge in [-0.25, -0.2) is 9.48 Å². The molecule has 2 N–H and O–H groups in total. The number of nitrogens with one attached hydrogen (secondary N) is 2. The maximum absolute atomic E-state index is 12.3. The van der Waals surface area contributed by atoms with Crippen LogP contribution in [0.2, 0.25) is 10.0 Å². The summed E-state index contributed by atoms with van der Waals surface area (Å²) in [5, 5.41) is 17.8. The minimum atomic E-state index is -0.352. The molecule has 0 aliphatic carbocycles. The first kappa shape index (κ1) is 18.2. The van der Waals surface area contributed by atoms with Crippen LogP contribution >= 0.6 is 23.2 Å². The SMILES string of the molecule is Cc1ccc(NC(=O)NC(C)c2ccc(Cl)cc2Cl)cc1-n1cnnn1. The molecule has 0 bridgehead atoms. The summed E-state index contributed by atoms with van der Waals surface area (Å²) in [5.74, 6) is 0. The van der Waals surface area contributed by atoms with Crippen LogP contribution < -0.4 is 10.6 Å². The highest BCUT2D eigenvalue weighted by Gasteiger charge is 2.14. The molecule has 0 spiro atoms. The van der Waals surface area contributed by atoms with Crippen LogP contribution in [-0.4, -0.2) is 26.2 Å². The first-order valence-corrected chi connectivity index (χ1v) is 8.56. The van der Waals surface area contributed by atoms with Gasteiger partial charge in [-0.15, -0.1) is 5.10 Å². The quantitative estimate of drug-likeness (QED) is 0.700. The number of urea groups is 1. The van der Waals surface area contributed by atoms with E-state index < -0.39 is 0 Å². The van der Waals surface area contributed by atoms with Crippen molar-refractivity contribution in [3.63, 3.8) is 0 Å². The van der Waals surface area contributed by atoms with Gasteiger partial charge in [-0.3, -0.25) is 0 Å². The number of benzene rings is 2. The summed E-state index contributed by atoms with van der Waals surface area (Å²) in [5.41, 5.74) is 3.16. The van der Waals surface area contributed by atoms with Crippen molar-refractivity contribution in [1.29, 1.82) is 0 Å². The van der Waals surface area contributed by atoms with Crippen LogP contribution in [0.1, 0.15) is 24.1 Å². The molecule has 1 heterocycles. The Balaban J connectivity index is 1.71. The zero-order valence-electron chi connectivity index (χ0n) is 14.1. The first-order valence-electron chi connectivity index (χ1n) is 7.80. The average Bonchev–Trinajstić information content (AvgIpc) is 3.10. The lowest BCUT2D eigenvalue weighted by molar-refractivity contribution is 0.249. The Morgan fingerprint density at radius 2 is 2.00 bits per heavy atom. The Morgan fingerprint density at radius 1 is 1.19 bits per heavy atom. The van der Waals surface area contributed by atoms with Gasteiger partial charge >= 0.3 is 6.03 Å². The molecule has 7 nitrogen and oxygen atoms in total. The Kier molecular flexibility index (Phi) is 5.39. The van der Waals surface area contributed by atoms with E-state index >= 15 is 0 Å². The fourth-order valence-electron chi connectivity index (χ4n) is 2.50. The van der Waals surface area contributed by atoms with Crippen LogP contribution in [-0.2, 0) is 0 Å². The van der Waals surface area contributed by atoms with Gasteiger partial charge in [-0.2, -0.15) is 0 Å². The smallest absolute Gasteiger partial charge is 0.319 e. The molecular formula is C17H16Cl2N6O. The van der Waals surface area contributed by atoms with Gasteiger partial charge in [0.1, 0.15) is 6.33 Å². The molecule has 26 heavy (non-hydrogen) atoms. The molecule has 0 aliphatic heterocycles. The van der Waals surface area contributed by atoms with Gasteiger partial charge in [0.15, 0.2) is 0 Å². The van der Waals surface area contributed by atoms with E-state index in [1.54, 1.807) is 24.3 Å². The van der Waals surface area contributed by atoms with E-state index in [9.17, 15) is 4.79 Å². The molecule has 134 valence electrons. The van der Waals surface area contributed by atoms with Gasteiger partial charge in [0.25, 0.3) is 0 Å². The maximum Gasteiger partial charge on any atom is 0.319 e. The number of hydrogen-bond donors (Lipinski definition) is 2. The van der Waals surface area contributed by atoms with Gasteiger partial charge in [0.2, 0.25) is 0 Å². The molecule has 0 saturated carbocycles. The van der Waals surface area contributed by atoms with Crippen molar-refractivity contribution in [2.24, 2.45) is 0 Å². The summed E-state index contributed by atoms with van der Waals surface area (Å²) in [6.07, 6.45) is 1.50. The van der Waals surface area contributed by atoms with E-state index in [0.717, 1.165) is 16.8 Å². The number of amides is 2. The van der Waals surface area contributed by atoms with E-state index in [0.29, 0.717) is 15.7 Å². The molecule has 1 aromatic heterocycles. The fourth-order valence-corrected chi connectivity index (χ4v) is 3.07. The molecule has 3 rings (SSSR count). The number of carbonyl (C=O) groups excluding carboxylic acids is 1. The van der Waals surface area contributed by atoms with Crippen LogP contribution in [0.3, 0.4) is 0 Å². The van der Waals surface area contributed by atoms with Gasteiger partial charge < -0.3 is 10.6 Å². The summed E-state index contributed by atoms with van der Waals surface area (Å²) in [6, 6.07) is 10.0. The van der Waals surface area contributed by atoms with Crippen molar-refractivity contribution in [1.82, 2.24) is 25.5 Å². The molecular weight excluding hydrogens is 375 g/mol. The highest BCUT2D eigenvalue weighted by atomic mass is 35.5. The van der Waals surface area contributed by atoms with E-state index in [1.807, 2.05) is 26.0 Å². The second kappa shape index (κ2) is 7.72. The lowest BCUT2D eigenvalue weighted by Gasteiger charge is -2.17. The Labute approximate surface area is 160 Å². The van der Waals surface area contributed by atoms with Crippen LogP contribution in [0, 0.1) is 6.92 Å². The van der Waals surface area contributed by atoms with E-state index in [1.165, 1.54) is 11.0 Å². The number of rotatable bonds is 4. The number of carbonyl (C=O) groups is 1. The van der Waals surface area contributed by atoms with Crippen LogP contribution in [0.25, 0.3) is 5.69 Å². The maximum atomic E-state index is 12.3. The monoisotopic (exact) mass is 390 g/mol. The van der Waals surface area contributed by atoms with E-state index in [4.69, 9.17) is 23.2 Å². The number of tetrazole rings is 1. The predicted octanol–water partition coefficient (Wildman–Crippen LogP) is 4.16. The normalized spacial score (nSPS) is 11.8.